The van der Waals surface area contributed by atoms with Crippen molar-refractivity contribution in [1.82, 2.24) is 0 Å². The van der Waals surface area contributed by atoms with Crippen molar-refractivity contribution in [3.8, 4) is 0 Å². The van der Waals surface area contributed by atoms with Crippen molar-refractivity contribution < 1.29 is 4.79 Å². The fraction of sp³-hybridized carbons (Fsp3) is 0.308. The van der Waals surface area contributed by atoms with E-state index in [1.54, 1.807) is 0 Å². The van der Waals surface area contributed by atoms with E-state index in [1.807, 2.05) is 19.1 Å². The molecule has 1 aliphatic rings. The molecule has 0 radical (unpaired) electrons. The zero-order valence-corrected chi connectivity index (χ0v) is 8.42. The summed E-state index contributed by atoms with van der Waals surface area (Å²) in [5.74, 6) is 0. The minimum Gasteiger partial charge on any atom is -0.298 e. The van der Waals surface area contributed by atoms with Gasteiger partial charge in [0.25, 0.3) is 0 Å². The van der Waals surface area contributed by atoms with Gasteiger partial charge in [0.05, 0.1) is 0 Å². The molecule has 1 aliphatic carbocycles. The topological polar surface area (TPSA) is 17.1 Å². The Morgan fingerprint density at radius 1 is 1.36 bits per heavy atom. The summed E-state index contributed by atoms with van der Waals surface area (Å²) >= 11 is 0. The van der Waals surface area contributed by atoms with Crippen LogP contribution in [0.2, 0.25) is 0 Å². The van der Waals surface area contributed by atoms with E-state index in [1.165, 1.54) is 30.4 Å². The molecule has 2 rings (SSSR count). The average molecular weight is 186 g/mol. The lowest BCUT2D eigenvalue weighted by molar-refractivity contribution is 0.112. The van der Waals surface area contributed by atoms with Crippen molar-refractivity contribution >= 4 is 11.9 Å². The molecule has 1 aromatic carbocycles. The van der Waals surface area contributed by atoms with Crippen LogP contribution in [-0.2, 0) is 0 Å². The summed E-state index contributed by atoms with van der Waals surface area (Å²) in [5.41, 5.74) is 4.59. The van der Waals surface area contributed by atoms with Crippen LogP contribution in [0.5, 0.6) is 0 Å². The number of allylic oxidation sites excluding steroid dienone is 2. The quantitative estimate of drug-likeness (QED) is 0.647. The van der Waals surface area contributed by atoms with Crippen molar-refractivity contribution in [3.63, 3.8) is 0 Å². The number of carbonyl (C=O) groups is 1. The molecule has 0 atom stereocenters. The summed E-state index contributed by atoms with van der Waals surface area (Å²) in [5, 5.41) is 0. The molecule has 1 nitrogen and oxygen atoms in total. The monoisotopic (exact) mass is 186 g/mol. The molecule has 14 heavy (non-hydrogen) atoms. The fourth-order valence-corrected chi connectivity index (χ4v) is 1.94. The van der Waals surface area contributed by atoms with Crippen LogP contribution in [0.25, 0.3) is 5.57 Å². The van der Waals surface area contributed by atoms with Crippen molar-refractivity contribution in [1.29, 1.82) is 0 Å². The molecule has 72 valence electrons. The summed E-state index contributed by atoms with van der Waals surface area (Å²) in [6, 6.07) is 6.08. The Bertz CT molecular complexity index is 388. The lowest BCUT2D eigenvalue weighted by atomic mass is 10.0. The van der Waals surface area contributed by atoms with Crippen molar-refractivity contribution in [3.05, 3.63) is 41.0 Å². The maximum absolute atomic E-state index is 10.6. The lowest BCUT2D eigenvalue weighted by Gasteiger charge is -2.05. The smallest absolute Gasteiger partial charge is 0.150 e. The standard InChI is InChI=1S/C13H14O/c1-10-8-12(6-7-13(10)9-14)11-4-2-3-5-11/h4,6-9H,2-3,5H2,1H3. The highest BCUT2D eigenvalue weighted by Gasteiger charge is 2.07. The van der Waals surface area contributed by atoms with Gasteiger partial charge in [0.1, 0.15) is 6.29 Å². The second-order valence-electron chi connectivity index (χ2n) is 3.81. The molecule has 0 fully saturated rings. The first-order valence-corrected chi connectivity index (χ1v) is 5.06. The zero-order chi connectivity index (χ0) is 9.97. The molecule has 0 amide bonds. The van der Waals surface area contributed by atoms with Gasteiger partial charge in [-0.1, -0.05) is 24.3 Å². The number of carbonyl (C=O) groups excluding carboxylic acids is 1. The van der Waals surface area contributed by atoms with Crippen molar-refractivity contribution in [2.75, 3.05) is 0 Å². The van der Waals surface area contributed by atoms with Crippen LogP contribution in [0.15, 0.2) is 24.3 Å². The second kappa shape index (κ2) is 3.79. The average Bonchev–Trinajstić information content (AvgIpc) is 2.70. The first-order valence-electron chi connectivity index (χ1n) is 5.06. The van der Waals surface area contributed by atoms with Crippen LogP contribution in [-0.4, -0.2) is 6.29 Å². The number of aldehydes is 1. The van der Waals surface area contributed by atoms with Gasteiger partial charge in [-0.2, -0.15) is 0 Å². The minimum absolute atomic E-state index is 0.798. The summed E-state index contributed by atoms with van der Waals surface area (Å²) in [6.45, 7) is 1.99. The molecule has 0 saturated carbocycles. The number of rotatable bonds is 2. The van der Waals surface area contributed by atoms with E-state index in [0.717, 1.165) is 17.4 Å². The van der Waals surface area contributed by atoms with Gasteiger partial charge in [-0.15, -0.1) is 0 Å². The van der Waals surface area contributed by atoms with Gasteiger partial charge >= 0.3 is 0 Å². The predicted octanol–water partition coefficient (Wildman–Crippen LogP) is 3.37. The van der Waals surface area contributed by atoms with E-state index in [2.05, 4.69) is 12.1 Å². The summed E-state index contributed by atoms with van der Waals surface area (Å²) < 4.78 is 0. The summed E-state index contributed by atoms with van der Waals surface area (Å²) in [4.78, 5) is 10.6. The molecule has 0 aromatic heterocycles. The number of hydrogen-bond acceptors (Lipinski definition) is 1. The molecule has 1 aromatic rings. The summed E-state index contributed by atoms with van der Waals surface area (Å²) in [7, 11) is 0. The molecule has 0 N–H and O–H groups in total. The Hall–Kier alpha value is -1.37. The third-order valence-electron chi connectivity index (χ3n) is 2.81. The van der Waals surface area contributed by atoms with Crippen LogP contribution >= 0.6 is 0 Å². The van der Waals surface area contributed by atoms with E-state index in [4.69, 9.17) is 0 Å². The second-order valence-corrected chi connectivity index (χ2v) is 3.81. The van der Waals surface area contributed by atoms with E-state index in [0.29, 0.717) is 0 Å². The molecule has 0 spiro atoms. The first kappa shape index (κ1) is 9.20. The molecule has 0 bridgehead atoms. The fourth-order valence-electron chi connectivity index (χ4n) is 1.94. The molecule has 0 heterocycles. The third kappa shape index (κ3) is 1.63. The number of hydrogen-bond donors (Lipinski definition) is 0. The molecule has 0 saturated heterocycles. The molecule has 0 aliphatic heterocycles. The van der Waals surface area contributed by atoms with E-state index in [9.17, 15) is 4.79 Å². The van der Waals surface area contributed by atoms with E-state index >= 15 is 0 Å². The maximum atomic E-state index is 10.6. The van der Waals surface area contributed by atoms with Crippen LogP contribution in [0, 0.1) is 6.92 Å². The minimum atomic E-state index is 0.798. The largest absolute Gasteiger partial charge is 0.298 e. The normalized spacial score (nSPS) is 15.4. The Kier molecular flexibility index (Phi) is 2.49. The van der Waals surface area contributed by atoms with Gasteiger partial charge < -0.3 is 0 Å². The van der Waals surface area contributed by atoms with Gasteiger partial charge in [-0.3, -0.25) is 4.79 Å². The Morgan fingerprint density at radius 3 is 2.79 bits per heavy atom. The molecule has 0 unspecified atom stereocenters. The number of aryl methyl sites for hydroxylation is 1. The number of benzene rings is 1. The molecule has 1 heteroatoms. The SMILES string of the molecule is Cc1cc(C2=CCCC2)ccc1C=O. The maximum Gasteiger partial charge on any atom is 0.150 e. The van der Waals surface area contributed by atoms with Crippen molar-refractivity contribution in [2.45, 2.75) is 26.2 Å². The van der Waals surface area contributed by atoms with Gasteiger partial charge in [0.2, 0.25) is 0 Å². The Morgan fingerprint density at radius 2 is 2.21 bits per heavy atom. The lowest BCUT2D eigenvalue weighted by Crippen LogP contribution is -1.89. The van der Waals surface area contributed by atoms with Gasteiger partial charge in [0, 0.05) is 5.56 Å². The van der Waals surface area contributed by atoms with Gasteiger partial charge in [-0.25, -0.2) is 0 Å². The van der Waals surface area contributed by atoms with Crippen LogP contribution in [0.3, 0.4) is 0 Å². The van der Waals surface area contributed by atoms with Crippen LogP contribution in [0.1, 0.15) is 40.7 Å². The van der Waals surface area contributed by atoms with Crippen LogP contribution < -0.4 is 0 Å². The first-order chi connectivity index (χ1) is 6.81. The predicted molar refractivity (Wildman–Crippen MR) is 58.4 cm³/mol. The van der Waals surface area contributed by atoms with E-state index < -0.39 is 0 Å². The third-order valence-corrected chi connectivity index (χ3v) is 2.81. The highest BCUT2D eigenvalue weighted by Crippen LogP contribution is 2.28. The van der Waals surface area contributed by atoms with Crippen LogP contribution in [0.4, 0.5) is 0 Å². The highest BCUT2D eigenvalue weighted by molar-refractivity contribution is 5.79. The van der Waals surface area contributed by atoms with Gasteiger partial charge in [-0.05, 0) is 42.9 Å². The Labute approximate surface area is 84.5 Å². The van der Waals surface area contributed by atoms with Crippen molar-refractivity contribution in [2.24, 2.45) is 0 Å². The molecular formula is C13H14O. The molecular weight excluding hydrogens is 172 g/mol. The zero-order valence-electron chi connectivity index (χ0n) is 8.42. The van der Waals surface area contributed by atoms with E-state index in [-0.39, 0.29) is 0 Å². The highest BCUT2D eigenvalue weighted by atomic mass is 16.1. The Balaban J connectivity index is 2.36. The summed E-state index contributed by atoms with van der Waals surface area (Å²) in [6.07, 6.45) is 6.87. The van der Waals surface area contributed by atoms with Gasteiger partial charge in [0.15, 0.2) is 0 Å².